The number of hydrogen-bond acceptors (Lipinski definition) is 6. The molecule has 2 heterocycles. The van der Waals surface area contributed by atoms with Crippen molar-refractivity contribution in [1.82, 2.24) is 15.0 Å². The van der Waals surface area contributed by atoms with Crippen molar-refractivity contribution in [3.8, 4) is 17.1 Å². The number of nitrogens with one attached hydrogen (secondary N) is 1. The first kappa shape index (κ1) is 18.8. The van der Waals surface area contributed by atoms with Gasteiger partial charge in [0.15, 0.2) is 0 Å². The fourth-order valence-electron chi connectivity index (χ4n) is 3.28. The Labute approximate surface area is 169 Å². The quantitative estimate of drug-likeness (QED) is 0.731. The number of anilines is 2. The van der Waals surface area contributed by atoms with Crippen molar-refractivity contribution in [2.75, 3.05) is 43.5 Å². The number of aryl methyl sites for hydroxylation is 1. The van der Waals surface area contributed by atoms with Crippen LogP contribution in [0.1, 0.15) is 5.89 Å². The maximum absolute atomic E-state index is 12.5. The molecule has 1 aliphatic heterocycles. The topological polar surface area (TPSA) is 83.7 Å². The summed E-state index contributed by atoms with van der Waals surface area (Å²) in [6.45, 7) is 4.64. The molecule has 8 heteroatoms. The van der Waals surface area contributed by atoms with Gasteiger partial charge in [0.05, 0.1) is 7.11 Å². The van der Waals surface area contributed by atoms with Gasteiger partial charge >= 0.3 is 6.03 Å². The van der Waals surface area contributed by atoms with Gasteiger partial charge in [-0.2, -0.15) is 4.98 Å². The van der Waals surface area contributed by atoms with Crippen molar-refractivity contribution in [2.24, 2.45) is 0 Å². The number of rotatable bonds is 4. The number of methoxy groups -OCH3 is 1. The molecule has 0 radical (unpaired) electrons. The van der Waals surface area contributed by atoms with Gasteiger partial charge in [-0.25, -0.2) is 4.79 Å². The summed E-state index contributed by atoms with van der Waals surface area (Å²) >= 11 is 0. The predicted molar refractivity (Wildman–Crippen MR) is 110 cm³/mol. The number of urea groups is 1. The number of amides is 2. The van der Waals surface area contributed by atoms with Gasteiger partial charge in [0.1, 0.15) is 5.75 Å². The molecule has 3 aromatic rings. The second kappa shape index (κ2) is 8.22. The van der Waals surface area contributed by atoms with Crippen molar-refractivity contribution >= 4 is 17.4 Å². The minimum atomic E-state index is -0.0855. The zero-order valence-corrected chi connectivity index (χ0v) is 16.5. The van der Waals surface area contributed by atoms with E-state index in [1.165, 1.54) is 0 Å². The van der Waals surface area contributed by atoms with E-state index in [4.69, 9.17) is 9.26 Å². The van der Waals surface area contributed by atoms with Gasteiger partial charge in [0.25, 0.3) is 0 Å². The van der Waals surface area contributed by atoms with Crippen molar-refractivity contribution in [3.05, 3.63) is 54.4 Å². The summed E-state index contributed by atoms with van der Waals surface area (Å²) in [7, 11) is 1.62. The number of carbonyl (C=O) groups is 1. The number of carbonyl (C=O) groups excluding carboxylic acids is 1. The molecule has 2 amide bonds. The molecule has 0 bridgehead atoms. The Hall–Kier alpha value is -3.55. The van der Waals surface area contributed by atoms with Gasteiger partial charge in [-0.15, -0.1) is 0 Å². The lowest BCUT2D eigenvalue weighted by atomic mass is 10.1. The monoisotopic (exact) mass is 393 g/mol. The van der Waals surface area contributed by atoms with Crippen LogP contribution in [0.3, 0.4) is 0 Å². The lowest BCUT2D eigenvalue weighted by Crippen LogP contribution is -2.50. The van der Waals surface area contributed by atoms with Crippen molar-refractivity contribution in [2.45, 2.75) is 6.92 Å². The number of hydrogen-bond donors (Lipinski definition) is 1. The zero-order chi connectivity index (χ0) is 20.2. The predicted octanol–water partition coefficient (Wildman–Crippen LogP) is 3.41. The van der Waals surface area contributed by atoms with E-state index in [1.54, 1.807) is 14.0 Å². The fourth-order valence-corrected chi connectivity index (χ4v) is 3.28. The summed E-state index contributed by atoms with van der Waals surface area (Å²) in [6.07, 6.45) is 0. The van der Waals surface area contributed by atoms with E-state index in [-0.39, 0.29) is 6.03 Å². The van der Waals surface area contributed by atoms with Crippen LogP contribution in [0.25, 0.3) is 11.4 Å². The van der Waals surface area contributed by atoms with Crippen molar-refractivity contribution < 1.29 is 14.1 Å². The third-order valence-corrected chi connectivity index (χ3v) is 4.93. The van der Waals surface area contributed by atoms with Gasteiger partial charge in [0.2, 0.25) is 11.7 Å². The van der Waals surface area contributed by atoms with Crippen molar-refractivity contribution in [3.63, 3.8) is 0 Å². The number of nitrogens with zero attached hydrogens (tertiary/aromatic N) is 4. The largest absolute Gasteiger partial charge is 0.497 e. The molecule has 0 aliphatic carbocycles. The lowest BCUT2D eigenvalue weighted by molar-refractivity contribution is 0.208. The normalized spacial score (nSPS) is 14.0. The summed E-state index contributed by atoms with van der Waals surface area (Å²) < 4.78 is 10.2. The van der Waals surface area contributed by atoms with E-state index >= 15 is 0 Å². The average molecular weight is 393 g/mol. The second-order valence-electron chi connectivity index (χ2n) is 6.82. The van der Waals surface area contributed by atoms with Crippen LogP contribution in [0.5, 0.6) is 5.75 Å². The molecular formula is C21H23N5O3. The maximum Gasteiger partial charge on any atom is 0.321 e. The highest BCUT2D eigenvalue weighted by Gasteiger charge is 2.21. The molecule has 0 saturated carbocycles. The first-order valence-corrected chi connectivity index (χ1v) is 9.48. The van der Waals surface area contributed by atoms with E-state index in [9.17, 15) is 4.79 Å². The zero-order valence-electron chi connectivity index (χ0n) is 16.5. The minimum Gasteiger partial charge on any atom is -0.497 e. The third kappa shape index (κ3) is 4.31. The van der Waals surface area contributed by atoms with Gasteiger partial charge in [-0.05, 0) is 48.5 Å². The first-order valence-electron chi connectivity index (χ1n) is 9.48. The summed E-state index contributed by atoms with van der Waals surface area (Å²) in [5.74, 6) is 1.90. The molecule has 29 heavy (non-hydrogen) atoms. The molecule has 0 spiro atoms. The summed E-state index contributed by atoms with van der Waals surface area (Å²) in [6, 6.07) is 15.3. The fraction of sp³-hybridized carbons (Fsp3) is 0.286. The maximum atomic E-state index is 12.5. The molecule has 1 aliphatic rings. The number of aromatic nitrogens is 2. The molecular weight excluding hydrogens is 370 g/mol. The van der Waals surface area contributed by atoms with Gasteiger partial charge in [0, 0.05) is 50.0 Å². The van der Waals surface area contributed by atoms with Gasteiger partial charge in [-0.3, -0.25) is 0 Å². The first-order chi connectivity index (χ1) is 14.1. The molecule has 1 fully saturated rings. The Kier molecular flexibility index (Phi) is 5.33. The highest BCUT2D eigenvalue weighted by Crippen LogP contribution is 2.22. The Balaban J connectivity index is 1.32. The number of benzene rings is 2. The number of piperazine rings is 1. The molecule has 1 saturated heterocycles. The van der Waals surface area contributed by atoms with Crippen LogP contribution in [0.15, 0.2) is 53.1 Å². The van der Waals surface area contributed by atoms with Gasteiger partial charge in [-0.1, -0.05) is 5.16 Å². The third-order valence-electron chi connectivity index (χ3n) is 4.93. The van der Waals surface area contributed by atoms with Crippen LogP contribution in [-0.2, 0) is 0 Å². The highest BCUT2D eigenvalue weighted by molar-refractivity contribution is 5.89. The summed E-state index contributed by atoms with van der Waals surface area (Å²) in [4.78, 5) is 20.9. The average Bonchev–Trinajstić information content (AvgIpc) is 3.21. The van der Waals surface area contributed by atoms with E-state index in [2.05, 4.69) is 20.4 Å². The molecule has 0 unspecified atom stereocenters. The Bertz CT molecular complexity index is 961. The van der Waals surface area contributed by atoms with E-state index < -0.39 is 0 Å². The number of ether oxygens (including phenoxy) is 1. The SMILES string of the molecule is COc1ccc(NC(=O)N2CCN(c3ccc(-c4noc(C)n4)cc3)CC2)cc1. The Morgan fingerprint density at radius 2 is 1.72 bits per heavy atom. The molecule has 8 nitrogen and oxygen atoms in total. The van der Waals surface area contributed by atoms with Crippen LogP contribution < -0.4 is 15.0 Å². The highest BCUT2D eigenvalue weighted by atomic mass is 16.5. The van der Waals surface area contributed by atoms with Crippen LogP contribution in [0.2, 0.25) is 0 Å². The summed E-state index contributed by atoms with van der Waals surface area (Å²) in [5.41, 5.74) is 2.79. The Morgan fingerprint density at radius 1 is 1.03 bits per heavy atom. The summed E-state index contributed by atoms with van der Waals surface area (Å²) in [5, 5.41) is 6.88. The lowest BCUT2D eigenvalue weighted by Gasteiger charge is -2.36. The molecule has 150 valence electrons. The van der Waals surface area contributed by atoms with E-state index in [0.717, 1.165) is 35.8 Å². The van der Waals surface area contributed by atoms with Gasteiger partial charge < -0.3 is 24.4 Å². The molecule has 4 rings (SSSR count). The van der Waals surface area contributed by atoms with E-state index in [0.29, 0.717) is 24.8 Å². The van der Waals surface area contributed by atoms with E-state index in [1.807, 2.05) is 53.4 Å². The Morgan fingerprint density at radius 3 is 2.31 bits per heavy atom. The standard InChI is InChI=1S/C21H23N5O3/c1-15-22-20(24-29-15)16-3-7-18(8-4-16)25-11-13-26(14-12-25)21(27)23-17-5-9-19(28-2)10-6-17/h3-10H,11-14H2,1-2H3,(H,23,27). The van der Waals surface area contributed by atoms with Crippen LogP contribution >= 0.6 is 0 Å². The molecule has 0 atom stereocenters. The van der Waals surface area contributed by atoms with Crippen LogP contribution in [0, 0.1) is 6.92 Å². The van der Waals surface area contributed by atoms with Crippen molar-refractivity contribution in [1.29, 1.82) is 0 Å². The molecule has 1 aromatic heterocycles. The molecule has 2 aromatic carbocycles. The minimum absolute atomic E-state index is 0.0855. The van der Waals surface area contributed by atoms with Crippen LogP contribution in [0.4, 0.5) is 16.2 Å². The smallest absolute Gasteiger partial charge is 0.321 e. The second-order valence-corrected chi connectivity index (χ2v) is 6.82. The van der Waals surface area contributed by atoms with Crippen LogP contribution in [-0.4, -0.2) is 54.4 Å². The molecule has 1 N–H and O–H groups in total.